The van der Waals surface area contributed by atoms with Gasteiger partial charge in [0.05, 0.1) is 11.1 Å². The van der Waals surface area contributed by atoms with E-state index in [1.165, 1.54) is 5.32 Å². The minimum absolute atomic E-state index is 0.0636. The molecule has 0 aliphatic heterocycles. The highest BCUT2D eigenvalue weighted by molar-refractivity contribution is 5.95. The van der Waals surface area contributed by atoms with Crippen LogP contribution in [0.4, 0.5) is 22.0 Å². The van der Waals surface area contributed by atoms with Gasteiger partial charge in [0.1, 0.15) is 24.0 Å². The Bertz CT molecular complexity index is 1100. The molecule has 0 bridgehead atoms. The number of carboxylic acids is 1. The SMILES string of the molecule is CC(=O)O.COC(C(=O)NCc1ccc(C(=N)N)cc1)c1c(F)ccc(C(=O)NCC(F)(F)F)c1F. The zero-order valence-electron chi connectivity index (χ0n) is 19.0. The van der Waals surface area contributed by atoms with E-state index in [9.17, 15) is 31.5 Å². The first-order valence-corrected chi connectivity index (χ1v) is 9.94. The Kier molecular flexibility index (Phi) is 10.9. The molecule has 1 atom stereocenters. The van der Waals surface area contributed by atoms with Crippen LogP contribution in [0.1, 0.15) is 40.1 Å². The Morgan fingerprint density at radius 1 is 1.08 bits per heavy atom. The minimum Gasteiger partial charge on any atom is -0.481 e. The molecule has 0 aliphatic carbocycles. The second-order valence-electron chi connectivity index (χ2n) is 7.08. The third-order valence-electron chi connectivity index (χ3n) is 4.29. The molecule has 2 aromatic rings. The summed E-state index contributed by atoms with van der Waals surface area (Å²) in [6, 6.07) is 7.55. The number of nitrogens with one attached hydrogen (secondary N) is 3. The second kappa shape index (κ2) is 13.1. The molecule has 9 nitrogen and oxygen atoms in total. The number of ether oxygens (including phenoxy) is 1. The van der Waals surface area contributed by atoms with Crippen LogP contribution >= 0.6 is 0 Å². The number of alkyl halides is 3. The summed E-state index contributed by atoms with van der Waals surface area (Å²) in [6.07, 6.45) is -6.55. The largest absolute Gasteiger partial charge is 0.481 e. The quantitative estimate of drug-likeness (QED) is 0.206. The molecule has 2 aromatic carbocycles. The maximum atomic E-state index is 14.8. The lowest BCUT2D eigenvalue weighted by atomic mass is 10.0. The highest BCUT2D eigenvalue weighted by Crippen LogP contribution is 2.26. The Balaban J connectivity index is 0.00000150. The number of methoxy groups -OCH3 is 1. The Labute approximate surface area is 201 Å². The van der Waals surface area contributed by atoms with E-state index in [1.54, 1.807) is 24.3 Å². The summed E-state index contributed by atoms with van der Waals surface area (Å²) in [5, 5.41) is 18.6. The van der Waals surface area contributed by atoms with Gasteiger partial charge in [0.15, 0.2) is 6.10 Å². The van der Waals surface area contributed by atoms with Gasteiger partial charge in [-0.25, -0.2) is 8.78 Å². The van der Waals surface area contributed by atoms with Crippen LogP contribution in [0.3, 0.4) is 0 Å². The van der Waals surface area contributed by atoms with Crippen molar-refractivity contribution in [2.45, 2.75) is 25.7 Å². The van der Waals surface area contributed by atoms with E-state index in [1.807, 2.05) is 0 Å². The number of carbonyl (C=O) groups excluding carboxylic acids is 2. The zero-order chi connectivity index (χ0) is 27.6. The van der Waals surface area contributed by atoms with Crippen molar-refractivity contribution in [3.8, 4) is 0 Å². The molecule has 0 saturated carbocycles. The van der Waals surface area contributed by atoms with Crippen LogP contribution < -0.4 is 16.4 Å². The van der Waals surface area contributed by atoms with Gasteiger partial charge >= 0.3 is 6.18 Å². The van der Waals surface area contributed by atoms with Gasteiger partial charge in [-0.15, -0.1) is 0 Å². The van der Waals surface area contributed by atoms with Crippen LogP contribution in [0.15, 0.2) is 36.4 Å². The third kappa shape index (κ3) is 9.29. The zero-order valence-corrected chi connectivity index (χ0v) is 19.0. The van der Waals surface area contributed by atoms with Crippen LogP contribution in [0.5, 0.6) is 0 Å². The number of carbonyl (C=O) groups is 3. The molecule has 6 N–H and O–H groups in total. The maximum Gasteiger partial charge on any atom is 0.405 e. The molecule has 196 valence electrons. The molecule has 0 fully saturated rings. The summed E-state index contributed by atoms with van der Waals surface area (Å²) in [7, 11) is 1.00. The number of hydrogen-bond acceptors (Lipinski definition) is 5. The summed E-state index contributed by atoms with van der Waals surface area (Å²) in [5.41, 5.74) is 4.60. The van der Waals surface area contributed by atoms with Crippen molar-refractivity contribution in [3.05, 3.63) is 70.3 Å². The molecule has 0 aliphatic rings. The van der Waals surface area contributed by atoms with Crippen molar-refractivity contribution in [2.75, 3.05) is 13.7 Å². The number of halogens is 5. The minimum atomic E-state index is -4.73. The number of amides is 2. The number of hydrogen-bond donors (Lipinski definition) is 5. The molecule has 2 rings (SSSR count). The fourth-order valence-corrected chi connectivity index (χ4v) is 2.70. The van der Waals surface area contributed by atoms with Gasteiger partial charge in [-0.1, -0.05) is 24.3 Å². The first-order chi connectivity index (χ1) is 16.7. The summed E-state index contributed by atoms with van der Waals surface area (Å²) >= 11 is 0. The molecular formula is C22H23F5N4O5. The summed E-state index contributed by atoms with van der Waals surface area (Å²) in [4.78, 5) is 33.4. The van der Waals surface area contributed by atoms with E-state index in [2.05, 4.69) is 5.32 Å². The number of nitrogens with two attached hydrogens (primary N) is 1. The normalized spacial score (nSPS) is 11.5. The number of carboxylic acid groups (broad SMARTS) is 1. The van der Waals surface area contributed by atoms with Gasteiger partial charge in [-0.3, -0.25) is 19.8 Å². The maximum absolute atomic E-state index is 14.8. The first kappa shape index (κ1) is 30.0. The lowest BCUT2D eigenvalue weighted by Gasteiger charge is -2.18. The summed E-state index contributed by atoms with van der Waals surface area (Å²) < 4.78 is 70.9. The third-order valence-corrected chi connectivity index (χ3v) is 4.29. The van der Waals surface area contributed by atoms with Crippen LogP contribution in [0.25, 0.3) is 0 Å². The van der Waals surface area contributed by atoms with E-state index in [0.717, 1.165) is 14.0 Å². The average Bonchev–Trinajstić information content (AvgIpc) is 2.78. The fourth-order valence-electron chi connectivity index (χ4n) is 2.70. The van der Waals surface area contributed by atoms with Crippen LogP contribution in [-0.2, 0) is 20.9 Å². The fraction of sp³-hybridized carbons (Fsp3) is 0.273. The Hall–Kier alpha value is -4.07. The van der Waals surface area contributed by atoms with E-state index in [4.69, 9.17) is 25.8 Å². The van der Waals surface area contributed by atoms with Crippen LogP contribution in [0, 0.1) is 17.0 Å². The molecule has 0 spiro atoms. The number of aliphatic carboxylic acids is 1. The molecule has 0 radical (unpaired) electrons. The Morgan fingerprint density at radius 3 is 2.11 bits per heavy atom. The van der Waals surface area contributed by atoms with E-state index >= 15 is 0 Å². The van der Waals surface area contributed by atoms with Crippen molar-refractivity contribution in [2.24, 2.45) is 5.73 Å². The number of amidine groups is 1. The molecule has 36 heavy (non-hydrogen) atoms. The van der Waals surface area contributed by atoms with E-state index < -0.39 is 59.4 Å². The second-order valence-corrected chi connectivity index (χ2v) is 7.08. The van der Waals surface area contributed by atoms with Crippen molar-refractivity contribution in [3.63, 3.8) is 0 Å². The van der Waals surface area contributed by atoms with Crippen molar-refractivity contribution >= 4 is 23.6 Å². The van der Waals surface area contributed by atoms with Crippen LogP contribution in [-0.4, -0.2) is 48.6 Å². The number of nitrogen functional groups attached to an aromatic ring is 1. The molecule has 0 heterocycles. The van der Waals surface area contributed by atoms with Gasteiger partial charge < -0.3 is 26.2 Å². The van der Waals surface area contributed by atoms with Gasteiger partial charge in [0.25, 0.3) is 17.8 Å². The van der Waals surface area contributed by atoms with Crippen molar-refractivity contribution in [1.82, 2.24) is 10.6 Å². The average molecular weight is 518 g/mol. The van der Waals surface area contributed by atoms with Gasteiger partial charge in [-0.05, 0) is 17.7 Å². The topological polar surface area (TPSA) is 155 Å². The highest BCUT2D eigenvalue weighted by Gasteiger charge is 2.32. The lowest BCUT2D eigenvalue weighted by molar-refractivity contribution is -0.134. The molecule has 0 aromatic heterocycles. The van der Waals surface area contributed by atoms with Crippen molar-refractivity contribution < 1.29 is 46.2 Å². The standard InChI is InChI=1S/C20H19F5N4O3.C2H4O2/c1-32-16(19(31)28-8-10-2-4-11(5-3-10)17(26)27)14-13(21)7-6-12(15(14)22)18(30)29-9-20(23,24)25;1-2(3)4/h2-7,16H,8-9H2,1H3,(H3,26,27)(H,28,31)(H,29,30);1H3,(H,3,4). The summed E-state index contributed by atoms with van der Waals surface area (Å²) in [6.45, 7) is -0.694. The van der Waals surface area contributed by atoms with Gasteiger partial charge in [-0.2, -0.15) is 13.2 Å². The van der Waals surface area contributed by atoms with E-state index in [-0.39, 0.29) is 12.4 Å². The molecule has 14 heteroatoms. The lowest BCUT2D eigenvalue weighted by Crippen LogP contribution is -2.35. The molecule has 1 unspecified atom stereocenters. The van der Waals surface area contributed by atoms with Crippen molar-refractivity contribution in [1.29, 1.82) is 5.41 Å². The van der Waals surface area contributed by atoms with Gasteiger partial charge in [0, 0.05) is 26.1 Å². The first-order valence-electron chi connectivity index (χ1n) is 9.94. The predicted molar refractivity (Wildman–Crippen MR) is 117 cm³/mol. The molecule has 2 amide bonds. The highest BCUT2D eigenvalue weighted by atomic mass is 19.4. The number of benzene rings is 2. The predicted octanol–water partition coefficient (Wildman–Crippen LogP) is 2.64. The van der Waals surface area contributed by atoms with Crippen LogP contribution in [0.2, 0.25) is 0 Å². The monoisotopic (exact) mass is 518 g/mol. The Morgan fingerprint density at radius 2 is 1.64 bits per heavy atom. The number of rotatable bonds is 8. The van der Waals surface area contributed by atoms with Gasteiger partial charge in [0.2, 0.25) is 0 Å². The smallest absolute Gasteiger partial charge is 0.405 e. The molecular weight excluding hydrogens is 495 g/mol. The summed E-state index contributed by atoms with van der Waals surface area (Å²) in [5.74, 6) is -6.10. The molecule has 0 saturated heterocycles. The van der Waals surface area contributed by atoms with E-state index in [0.29, 0.717) is 23.3 Å².